The fourth-order valence-electron chi connectivity index (χ4n) is 2.41. The first-order chi connectivity index (χ1) is 10.1. The lowest BCUT2D eigenvalue weighted by atomic mass is 10.0. The second-order valence-corrected chi connectivity index (χ2v) is 5.32. The molecule has 0 fully saturated rings. The van der Waals surface area contributed by atoms with E-state index in [9.17, 15) is 4.39 Å². The van der Waals surface area contributed by atoms with Crippen molar-refractivity contribution >= 4 is 0 Å². The molecule has 2 nitrogen and oxygen atoms in total. The summed E-state index contributed by atoms with van der Waals surface area (Å²) in [6, 6.07) is 4.85. The monoisotopic (exact) mass is 290 g/mol. The van der Waals surface area contributed by atoms with Crippen LogP contribution in [-0.4, -0.2) is 24.5 Å². The molecule has 116 valence electrons. The molecule has 0 spiro atoms. The Hall–Kier alpha value is -1.37. The number of rotatable bonds is 7. The Morgan fingerprint density at radius 3 is 2.52 bits per heavy atom. The van der Waals surface area contributed by atoms with Crippen molar-refractivity contribution in [3.05, 3.63) is 35.1 Å². The second kappa shape index (κ2) is 9.55. The van der Waals surface area contributed by atoms with E-state index >= 15 is 0 Å². The second-order valence-electron chi connectivity index (χ2n) is 5.32. The zero-order valence-corrected chi connectivity index (χ0v) is 13.5. The largest absolute Gasteiger partial charge is 0.320 e. The van der Waals surface area contributed by atoms with Gasteiger partial charge in [0.1, 0.15) is 5.82 Å². The van der Waals surface area contributed by atoms with Crippen LogP contribution in [0.5, 0.6) is 0 Å². The van der Waals surface area contributed by atoms with E-state index < -0.39 is 0 Å². The maximum atomic E-state index is 13.4. The number of halogens is 1. The van der Waals surface area contributed by atoms with E-state index in [2.05, 4.69) is 37.5 Å². The van der Waals surface area contributed by atoms with Crippen LogP contribution in [0.25, 0.3) is 0 Å². The third-order valence-electron chi connectivity index (χ3n) is 3.91. The molecule has 0 aliphatic heterocycles. The molecule has 0 saturated heterocycles. The Kier molecular flexibility index (Phi) is 8.04. The predicted molar refractivity (Wildman–Crippen MR) is 87.4 cm³/mol. The average Bonchev–Trinajstić information content (AvgIpc) is 2.51. The van der Waals surface area contributed by atoms with E-state index in [1.54, 1.807) is 0 Å². The molecule has 2 N–H and O–H groups in total. The number of nitrogens with two attached hydrogens (primary N) is 1. The van der Waals surface area contributed by atoms with E-state index in [0.717, 1.165) is 30.8 Å². The molecule has 1 rings (SSSR count). The minimum absolute atomic E-state index is 0.247. The summed E-state index contributed by atoms with van der Waals surface area (Å²) in [5.41, 5.74) is 7.24. The maximum Gasteiger partial charge on any atom is 0.124 e. The van der Waals surface area contributed by atoms with Gasteiger partial charge in [0.25, 0.3) is 0 Å². The van der Waals surface area contributed by atoms with Crippen molar-refractivity contribution < 1.29 is 4.39 Å². The fourth-order valence-corrected chi connectivity index (χ4v) is 2.41. The van der Waals surface area contributed by atoms with Gasteiger partial charge >= 0.3 is 0 Å². The summed E-state index contributed by atoms with van der Waals surface area (Å²) < 4.78 is 13.4. The first-order valence-electron chi connectivity index (χ1n) is 7.84. The normalized spacial score (nSPS) is 10.8. The van der Waals surface area contributed by atoms with Gasteiger partial charge in [-0.15, -0.1) is 0 Å². The van der Waals surface area contributed by atoms with Crippen molar-refractivity contribution in [2.24, 2.45) is 11.7 Å². The number of hydrogen-bond acceptors (Lipinski definition) is 2. The summed E-state index contributed by atoms with van der Waals surface area (Å²) >= 11 is 0. The minimum atomic E-state index is -0.247. The molecule has 0 aromatic heterocycles. The lowest BCUT2D eigenvalue weighted by Gasteiger charge is -2.25. The molecule has 0 aliphatic carbocycles. The summed E-state index contributed by atoms with van der Waals surface area (Å²) in [6.45, 7) is 9.79. The van der Waals surface area contributed by atoms with Crippen LogP contribution in [0.3, 0.4) is 0 Å². The van der Waals surface area contributed by atoms with Crippen molar-refractivity contribution in [3.63, 3.8) is 0 Å². The van der Waals surface area contributed by atoms with Crippen molar-refractivity contribution in [1.29, 1.82) is 0 Å². The van der Waals surface area contributed by atoms with E-state index in [0.29, 0.717) is 12.5 Å². The van der Waals surface area contributed by atoms with Gasteiger partial charge in [-0.3, -0.25) is 4.90 Å². The smallest absolute Gasteiger partial charge is 0.124 e. The van der Waals surface area contributed by atoms with Crippen molar-refractivity contribution in [2.75, 3.05) is 19.6 Å². The summed E-state index contributed by atoms with van der Waals surface area (Å²) in [6.07, 6.45) is 2.38. The van der Waals surface area contributed by atoms with Crippen LogP contribution in [0.1, 0.15) is 44.7 Å². The van der Waals surface area contributed by atoms with E-state index in [4.69, 9.17) is 5.73 Å². The Labute approximate surface area is 128 Å². The van der Waals surface area contributed by atoms with Gasteiger partial charge in [0.15, 0.2) is 0 Å². The van der Waals surface area contributed by atoms with Crippen LogP contribution in [0, 0.1) is 23.6 Å². The molecule has 0 saturated carbocycles. The van der Waals surface area contributed by atoms with Crippen LogP contribution in [-0.2, 0) is 6.54 Å². The van der Waals surface area contributed by atoms with Gasteiger partial charge in [-0.1, -0.05) is 51.5 Å². The van der Waals surface area contributed by atoms with Crippen molar-refractivity contribution in [1.82, 2.24) is 4.90 Å². The maximum absolute atomic E-state index is 13.4. The van der Waals surface area contributed by atoms with Gasteiger partial charge < -0.3 is 5.73 Å². The summed E-state index contributed by atoms with van der Waals surface area (Å²) in [7, 11) is 0. The zero-order chi connectivity index (χ0) is 15.7. The van der Waals surface area contributed by atoms with Crippen LogP contribution >= 0.6 is 0 Å². The van der Waals surface area contributed by atoms with Crippen molar-refractivity contribution in [3.8, 4) is 11.8 Å². The number of nitrogens with zero attached hydrogens (tertiary/aromatic N) is 1. The molecule has 0 bridgehead atoms. The number of benzene rings is 1. The predicted octanol–water partition coefficient (Wildman–Crippen LogP) is 3.39. The average molecular weight is 290 g/mol. The van der Waals surface area contributed by atoms with Crippen LogP contribution in [0.2, 0.25) is 0 Å². The molecular formula is C18H27FN2. The van der Waals surface area contributed by atoms with Crippen molar-refractivity contribution in [2.45, 2.75) is 40.2 Å². The Morgan fingerprint density at radius 1 is 1.24 bits per heavy atom. The molecule has 21 heavy (non-hydrogen) atoms. The van der Waals surface area contributed by atoms with Gasteiger partial charge in [0.2, 0.25) is 0 Å². The molecule has 0 heterocycles. The molecule has 0 aliphatic rings. The molecule has 0 radical (unpaired) electrons. The van der Waals surface area contributed by atoms with Crippen LogP contribution < -0.4 is 5.73 Å². The standard InChI is InChI=1S/C18H27FN2/c1-4-15(5-2)13-21(6-3)14-17-9-10-18(19)12-16(17)8-7-11-20/h9-10,12,15H,4-6,11,13-14,20H2,1-3H3. The van der Waals surface area contributed by atoms with Crippen LogP contribution in [0.15, 0.2) is 18.2 Å². The first kappa shape index (κ1) is 17.7. The zero-order valence-electron chi connectivity index (χ0n) is 13.5. The molecular weight excluding hydrogens is 263 g/mol. The van der Waals surface area contributed by atoms with E-state index in [-0.39, 0.29) is 5.82 Å². The summed E-state index contributed by atoms with van der Waals surface area (Å²) in [5.74, 6) is 6.27. The fraction of sp³-hybridized carbons (Fsp3) is 0.556. The number of hydrogen-bond donors (Lipinski definition) is 1. The third kappa shape index (κ3) is 5.87. The Balaban J connectivity index is 2.88. The summed E-state index contributed by atoms with van der Waals surface area (Å²) in [4.78, 5) is 2.40. The van der Waals surface area contributed by atoms with Gasteiger partial charge in [-0.2, -0.15) is 0 Å². The Morgan fingerprint density at radius 2 is 1.95 bits per heavy atom. The highest BCUT2D eigenvalue weighted by Crippen LogP contribution is 2.16. The third-order valence-corrected chi connectivity index (χ3v) is 3.91. The molecule has 3 heteroatoms. The highest BCUT2D eigenvalue weighted by Gasteiger charge is 2.12. The SMILES string of the molecule is CCC(CC)CN(CC)Cc1ccc(F)cc1C#CCN. The summed E-state index contributed by atoms with van der Waals surface area (Å²) in [5, 5.41) is 0. The van der Waals surface area contributed by atoms with Gasteiger partial charge in [-0.05, 0) is 30.2 Å². The molecule has 0 amide bonds. The van der Waals surface area contributed by atoms with E-state index in [1.165, 1.54) is 25.0 Å². The Bertz CT molecular complexity index is 484. The first-order valence-corrected chi connectivity index (χ1v) is 7.84. The lowest BCUT2D eigenvalue weighted by molar-refractivity contribution is 0.226. The van der Waals surface area contributed by atoms with Gasteiger partial charge in [0, 0.05) is 18.7 Å². The molecule has 1 aromatic rings. The topological polar surface area (TPSA) is 29.3 Å². The minimum Gasteiger partial charge on any atom is -0.320 e. The lowest BCUT2D eigenvalue weighted by Crippen LogP contribution is -2.29. The molecule has 0 atom stereocenters. The highest BCUT2D eigenvalue weighted by atomic mass is 19.1. The van der Waals surface area contributed by atoms with Gasteiger partial charge in [0.05, 0.1) is 6.54 Å². The molecule has 1 aromatic carbocycles. The van der Waals surface area contributed by atoms with Gasteiger partial charge in [-0.25, -0.2) is 4.39 Å². The quantitative estimate of drug-likeness (QED) is 0.780. The van der Waals surface area contributed by atoms with E-state index in [1.807, 2.05) is 6.07 Å². The van der Waals surface area contributed by atoms with Crippen LogP contribution in [0.4, 0.5) is 4.39 Å². The molecule has 0 unspecified atom stereocenters. The highest BCUT2D eigenvalue weighted by molar-refractivity contribution is 5.41.